The maximum Gasteiger partial charge on any atom is 0.156 e. The summed E-state index contributed by atoms with van der Waals surface area (Å²) >= 11 is 0. The molecule has 0 radical (unpaired) electrons. The molecule has 128 valence electrons. The molecule has 25 heavy (non-hydrogen) atoms. The highest BCUT2D eigenvalue weighted by Crippen LogP contribution is 2.25. The Labute approximate surface area is 147 Å². The van der Waals surface area contributed by atoms with E-state index in [1.165, 1.54) is 18.4 Å². The monoisotopic (exact) mass is 334 g/mol. The summed E-state index contributed by atoms with van der Waals surface area (Å²) in [4.78, 5) is 4.07. The molecule has 1 aliphatic rings. The number of hydrogen-bond donors (Lipinski definition) is 1. The highest BCUT2D eigenvalue weighted by molar-refractivity contribution is 5.93. The van der Waals surface area contributed by atoms with Gasteiger partial charge in [-0.05, 0) is 37.0 Å². The van der Waals surface area contributed by atoms with Crippen LogP contribution in [0.3, 0.4) is 0 Å². The van der Waals surface area contributed by atoms with Crippen molar-refractivity contribution in [1.29, 1.82) is 0 Å². The highest BCUT2D eigenvalue weighted by atomic mass is 16.5. The largest absolute Gasteiger partial charge is 0.376 e. The second-order valence-corrected chi connectivity index (χ2v) is 6.44. The first-order valence-corrected chi connectivity index (χ1v) is 8.89. The lowest BCUT2D eigenvalue weighted by Crippen LogP contribution is -2.27. The summed E-state index contributed by atoms with van der Waals surface area (Å²) in [6, 6.07) is 12.3. The zero-order valence-electron chi connectivity index (χ0n) is 14.2. The Hall–Kier alpha value is -2.53. The van der Waals surface area contributed by atoms with Gasteiger partial charge in [0.2, 0.25) is 0 Å². The normalized spacial score (nSPS) is 17.5. The number of rotatable bonds is 5. The van der Waals surface area contributed by atoms with Gasteiger partial charge in [0.25, 0.3) is 0 Å². The predicted molar refractivity (Wildman–Crippen MR) is 98.7 cm³/mol. The summed E-state index contributed by atoms with van der Waals surface area (Å²) in [5.41, 5.74) is 2.17. The Morgan fingerprint density at radius 3 is 2.64 bits per heavy atom. The van der Waals surface area contributed by atoms with Crippen molar-refractivity contribution in [3.8, 4) is 0 Å². The van der Waals surface area contributed by atoms with Gasteiger partial charge in [-0.15, -0.1) is 5.10 Å². The van der Waals surface area contributed by atoms with Crippen molar-refractivity contribution in [3.05, 3.63) is 60.0 Å². The van der Waals surface area contributed by atoms with Crippen molar-refractivity contribution >= 4 is 16.6 Å². The Kier molecular flexibility index (Phi) is 4.84. The van der Waals surface area contributed by atoms with Gasteiger partial charge in [-0.25, -0.2) is 0 Å². The van der Waals surface area contributed by atoms with Gasteiger partial charge in [0.05, 0.1) is 11.8 Å². The minimum atomic E-state index is 0.269. The molecule has 1 aromatic carbocycles. The zero-order chi connectivity index (χ0) is 16.9. The molecule has 0 spiro atoms. The van der Waals surface area contributed by atoms with Crippen molar-refractivity contribution in [1.82, 2.24) is 15.2 Å². The van der Waals surface area contributed by atoms with Crippen LogP contribution in [0.4, 0.5) is 5.82 Å². The van der Waals surface area contributed by atoms with Crippen LogP contribution in [0.5, 0.6) is 0 Å². The van der Waals surface area contributed by atoms with E-state index in [0.717, 1.165) is 48.3 Å². The van der Waals surface area contributed by atoms with Gasteiger partial charge in [0.15, 0.2) is 5.82 Å². The number of pyridine rings is 1. The van der Waals surface area contributed by atoms with E-state index < -0.39 is 0 Å². The zero-order valence-corrected chi connectivity index (χ0v) is 14.2. The molecule has 1 N–H and O–H groups in total. The van der Waals surface area contributed by atoms with Crippen LogP contribution in [-0.4, -0.2) is 34.4 Å². The van der Waals surface area contributed by atoms with Gasteiger partial charge in [0.1, 0.15) is 0 Å². The van der Waals surface area contributed by atoms with Crippen molar-refractivity contribution < 1.29 is 4.74 Å². The maximum absolute atomic E-state index is 5.80. The summed E-state index contributed by atoms with van der Waals surface area (Å²) in [6.45, 7) is 1.64. The van der Waals surface area contributed by atoms with Crippen molar-refractivity contribution in [2.45, 2.75) is 31.8 Å². The first-order chi connectivity index (χ1) is 12.4. The van der Waals surface area contributed by atoms with Crippen molar-refractivity contribution in [3.63, 3.8) is 0 Å². The first-order valence-electron chi connectivity index (χ1n) is 8.89. The van der Waals surface area contributed by atoms with E-state index in [-0.39, 0.29) is 6.10 Å². The molecule has 0 aliphatic carbocycles. The lowest BCUT2D eigenvalue weighted by molar-refractivity contribution is 0.0247. The van der Waals surface area contributed by atoms with Gasteiger partial charge in [-0.2, -0.15) is 5.10 Å². The molecule has 1 fully saturated rings. The van der Waals surface area contributed by atoms with E-state index in [0.29, 0.717) is 0 Å². The van der Waals surface area contributed by atoms with E-state index in [4.69, 9.17) is 4.74 Å². The molecular weight excluding hydrogens is 312 g/mol. The molecule has 1 unspecified atom stereocenters. The number of hydrogen-bond acceptors (Lipinski definition) is 5. The lowest BCUT2D eigenvalue weighted by atomic mass is 10.0. The van der Waals surface area contributed by atoms with Gasteiger partial charge < -0.3 is 10.1 Å². The van der Waals surface area contributed by atoms with E-state index in [1.54, 1.807) is 0 Å². The molecule has 3 aromatic rings. The topological polar surface area (TPSA) is 59.9 Å². The molecule has 0 saturated carbocycles. The Bertz CT molecular complexity index is 831. The van der Waals surface area contributed by atoms with Crippen LogP contribution in [0.15, 0.2) is 48.8 Å². The molecular formula is C20H22N4O. The molecule has 1 saturated heterocycles. The first kappa shape index (κ1) is 16.0. The molecule has 1 atom stereocenters. The van der Waals surface area contributed by atoms with Crippen LogP contribution in [0.25, 0.3) is 10.8 Å². The smallest absolute Gasteiger partial charge is 0.156 e. The molecule has 0 amide bonds. The fourth-order valence-electron chi connectivity index (χ4n) is 3.29. The van der Waals surface area contributed by atoms with Crippen LogP contribution >= 0.6 is 0 Å². The third kappa shape index (κ3) is 3.77. The maximum atomic E-state index is 5.80. The van der Waals surface area contributed by atoms with Gasteiger partial charge in [-0.1, -0.05) is 24.3 Å². The van der Waals surface area contributed by atoms with Gasteiger partial charge in [-0.3, -0.25) is 4.98 Å². The number of nitrogens with one attached hydrogen (secondary N) is 1. The predicted octanol–water partition coefficient (Wildman–Crippen LogP) is 3.60. The summed E-state index contributed by atoms with van der Waals surface area (Å²) in [7, 11) is 0. The van der Waals surface area contributed by atoms with Crippen LogP contribution in [0, 0.1) is 0 Å². The fraction of sp³-hybridized carbons (Fsp3) is 0.350. The minimum Gasteiger partial charge on any atom is -0.376 e. The number of fused-ring (bicyclic) bond motifs is 1. The van der Waals surface area contributed by atoms with Crippen LogP contribution in [0.2, 0.25) is 0 Å². The minimum absolute atomic E-state index is 0.269. The van der Waals surface area contributed by atoms with Crippen molar-refractivity contribution in [2.24, 2.45) is 0 Å². The number of ether oxygens (including phenoxy) is 1. The van der Waals surface area contributed by atoms with E-state index >= 15 is 0 Å². The standard InChI is InChI=1S/C20H22N4O/c1-2-7-18-17(6-1)19(13-15-8-10-21-11-9-15)23-24-20(18)22-14-16-5-3-4-12-25-16/h1-2,6-11,16H,3-5,12-14H2,(H,22,24). The number of aromatic nitrogens is 3. The molecule has 4 rings (SSSR count). The van der Waals surface area contributed by atoms with Crippen LogP contribution in [-0.2, 0) is 11.2 Å². The Balaban J connectivity index is 1.58. The molecule has 5 heteroatoms. The average Bonchev–Trinajstić information content (AvgIpc) is 2.69. The van der Waals surface area contributed by atoms with E-state index in [2.05, 4.69) is 32.6 Å². The highest BCUT2D eigenvalue weighted by Gasteiger charge is 2.15. The van der Waals surface area contributed by atoms with Crippen LogP contribution < -0.4 is 5.32 Å². The molecule has 3 heterocycles. The third-order valence-corrected chi connectivity index (χ3v) is 4.66. The molecule has 0 bridgehead atoms. The molecule has 2 aromatic heterocycles. The summed E-state index contributed by atoms with van der Waals surface area (Å²) in [5.74, 6) is 0.836. The van der Waals surface area contributed by atoms with E-state index in [1.807, 2.05) is 36.7 Å². The molecule has 5 nitrogen and oxygen atoms in total. The van der Waals surface area contributed by atoms with Gasteiger partial charge >= 0.3 is 0 Å². The summed E-state index contributed by atoms with van der Waals surface area (Å²) in [6.07, 6.45) is 8.16. The Morgan fingerprint density at radius 1 is 1.00 bits per heavy atom. The quantitative estimate of drug-likeness (QED) is 0.772. The second-order valence-electron chi connectivity index (χ2n) is 6.44. The average molecular weight is 334 g/mol. The van der Waals surface area contributed by atoms with Crippen LogP contribution in [0.1, 0.15) is 30.5 Å². The second kappa shape index (κ2) is 7.57. The van der Waals surface area contributed by atoms with Crippen molar-refractivity contribution in [2.75, 3.05) is 18.5 Å². The Morgan fingerprint density at radius 2 is 1.84 bits per heavy atom. The fourth-order valence-corrected chi connectivity index (χ4v) is 3.29. The summed E-state index contributed by atoms with van der Waals surface area (Å²) in [5, 5.41) is 14.6. The number of benzene rings is 1. The summed E-state index contributed by atoms with van der Waals surface area (Å²) < 4.78 is 5.80. The van der Waals surface area contributed by atoms with E-state index in [9.17, 15) is 0 Å². The van der Waals surface area contributed by atoms with Gasteiger partial charge in [0, 0.05) is 42.7 Å². The number of anilines is 1. The SMILES string of the molecule is c1ccc2c(NCC3CCCCO3)nnc(Cc3ccncc3)c2c1. The third-order valence-electron chi connectivity index (χ3n) is 4.66. The lowest BCUT2D eigenvalue weighted by Gasteiger charge is -2.23. The number of nitrogens with zero attached hydrogens (tertiary/aromatic N) is 3. The molecule has 1 aliphatic heterocycles.